The Morgan fingerprint density at radius 2 is 1.74 bits per heavy atom. The van der Waals surface area contributed by atoms with Crippen molar-refractivity contribution in [1.82, 2.24) is 9.88 Å². The SMILES string of the molecule is Cc1cc2cc(CN(Cc3ccc4c(c3)OCO4)C(=S)Nc3ccc(F)cc3)c(=O)[nH]c2cc1C. The molecule has 35 heavy (non-hydrogen) atoms. The molecule has 0 spiro atoms. The van der Waals surface area contributed by atoms with Crippen LogP contribution in [0.1, 0.15) is 22.3 Å². The zero-order valence-corrected chi connectivity index (χ0v) is 20.2. The summed E-state index contributed by atoms with van der Waals surface area (Å²) in [5.41, 5.74) is 5.10. The first-order chi connectivity index (χ1) is 16.9. The van der Waals surface area contributed by atoms with Gasteiger partial charge in [-0.05, 0) is 103 Å². The van der Waals surface area contributed by atoms with Crippen LogP contribution in [0.2, 0.25) is 0 Å². The molecule has 0 bridgehead atoms. The Morgan fingerprint density at radius 1 is 1.00 bits per heavy atom. The molecule has 0 saturated heterocycles. The van der Waals surface area contributed by atoms with Crippen molar-refractivity contribution in [1.29, 1.82) is 0 Å². The normalized spacial score (nSPS) is 12.1. The Hall–Kier alpha value is -3.91. The highest BCUT2D eigenvalue weighted by molar-refractivity contribution is 7.80. The molecule has 1 aromatic heterocycles. The van der Waals surface area contributed by atoms with Gasteiger partial charge in [-0.2, -0.15) is 0 Å². The number of nitrogens with one attached hydrogen (secondary N) is 2. The Labute approximate surface area is 207 Å². The summed E-state index contributed by atoms with van der Waals surface area (Å²) in [6.07, 6.45) is 0. The van der Waals surface area contributed by atoms with E-state index in [1.54, 1.807) is 12.1 Å². The molecule has 1 aliphatic rings. The second kappa shape index (κ2) is 9.38. The van der Waals surface area contributed by atoms with E-state index in [4.69, 9.17) is 21.7 Å². The van der Waals surface area contributed by atoms with Gasteiger partial charge in [0.05, 0.1) is 6.54 Å². The highest BCUT2D eigenvalue weighted by atomic mass is 32.1. The Morgan fingerprint density at radius 3 is 2.54 bits per heavy atom. The van der Waals surface area contributed by atoms with E-state index in [0.29, 0.717) is 34.4 Å². The lowest BCUT2D eigenvalue weighted by molar-refractivity contribution is 0.174. The maximum Gasteiger partial charge on any atom is 0.253 e. The fraction of sp³-hybridized carbons (Fsp3) is 0.185. The summed E-state index contributed by atoms with van der Waals surface area (Å²) in [6, 6.07) is 17.7. The quantitative estimate of drug-likeness (QED) is 0.366. The van der Waals surface area contributed by atoms with Gasteiger partial charge >= 0.3 is 0 Å². The third-order valence-electron chi connectivity index (χ3n) is 6.09. The van der Waals surface area contributed by atoms with Crippen LogP contribution in [0.4, 0.5) is 10.1 Å². The van der Waals surface area contributed by atoms with Crippen molar-refractivity contribution >= 4 is 33.9 Å². The molecule has 5 rings (SSSR count). The van der Waals surface area contributed by atoms with Gasteiger partial charge in [-0.3, -0.25) is 4.79 Å². The molecule has 0 saturated carbocycles. The van der Waals surface area contributed by atoms with Gasteiger partial charge in [0.1, 0.15) is 5.82 Å². The molecule has 4 aromatic rings. The van der Waals surface area contributed by atoms with Crippen LogP contribution in [0, 0.1) is 19.7 Å². The van der Waals surface area contributed by atoms with E-state index in [2.05, 4.69) is 16.4 Å². The van der Waals surface area contributed by atoms with Gasteiger partial charge in [-0.15, -0.1) is 0 Å². The van der Waals surface area contributed by atoms with Crippen LogP contribution in [-0.4, -0.2) is 21.8 Å². The standard InChI is InChI=1S/C27H24FN3O3S/c1-16-9-19-12-20(26(32)30-23(19)10-17(16)2)14-31(27(35)29-22-6-4-21(28)5-7-22)13-18-3-8-24-25(11-18)34-15-33-24/h3-12H,13-15H2,1-2H3,(H,29,35)(H,30,32). The molecule has 0 amide bonds. The Kier molecular flexibility index (Phi) is 6.13. The van der Waals surface area contributed by atoms with E-state index < -0.39 is 0 Å². The van der Waals surface area contributed by atoms with Crippen LogP contribution >= 0.6 is 12.2 Å². The van der Waals surface area contributed by atoms with Crippen molar-refractivity contribution in [3.05, 3.63) is 99.1 Å². The van der Waals surface area contributed by atoms with Crippen LogP contribution in [0.5, 0.6) is 11.5 Å². The summed E-state index contributed by atoms with van der Waals surface area (Å²) in [7, 11) is 0. The summed E-state index contributed by atoms with van der Waals surface area (Å²) < 4.78 is 24.3. The van der Waals surface area contributed by atoms with Gasteiger partial charge in [0.15, 0.2) is 16.6 Å². The molecule has 2 N–H and O–H groups in total. The van der Waals surface area contributed by atoms with Crippen LogP contribution in [0.3, 0.4) is 0 Å². The molecule has 178 valence electrons. The van der Waals surface area contributed by atoms with Gasteiger partial charge in [0.25, 0.3) is 5.56 Å². The largest absolute Gasteiger partial charge is 0.454 e. The summed E-state index contributed by atoms with van der Waals surface area (Å²) >= 11 is 5.72. The van der Waals surface area contributed by atoms with Crippen LogP contribution in [0.25, 0.3) is 10.9 Å². The fourth-order valence-corrected chi connectivity index (χ4v) is 4.29. The molecular formula is C27H24FN3O3S. The lowest BCUT2D eigenvalue weighted by Gasteiger charge is -2.26. The predicted molar refractivity (Wildman–Crippen MR) is 138 cm³/mol. The average molecular weight is 490 g/mol. The molecule has 2 heterocycles. The molecule has 6 nitrogen and oxygen atoms in total. The lowest BCUT2D eigenvalue weighted by atomic mass is 10.0. The summed E-state index contributed by atoms with van der Waals surface area (Å²) in [5, 5.41) is 4.53. The molecule has 1 aliphatic heterocycles. The van der Waals surface area contributed by atoms with Gasteiger partial charge < -0.3 is 24.7 Å². The minimum Gasteiger partial charge on any atom is -0.454 e. The smallest absolute Gasteiger partial charge is 0.253 e. The molecule has 0 unspecified atom stereocenters. The number of rotatable bonds is 5. The van der Waals surface area contributed by atoms with Crippen molar-refractivity contribution in [2.75, 3.05) is 12.1 Å². The van der Waals surface area contributed by atoms with Crippen molar-refractivity contribution in [3.63, 3.8) is 0 Å². The highest BCUT2D eigenvalue weighted by Crippen LogP contribution is 2.33. The first-order valence-electron chi connectivity index (χ1n) is 11.2. The zero-order chi connectivity index (χ0) is 24.5. The van der Waals surface area contributed by atoms with Gasteiger partial charge in [0.2, 0.25) is 6.79 Å². The van der Waals surface area contributed by atoms with Crippen LogP contribution in [0.15, 0.2) is 65.5 Å². The van der Waals surface area contributed by atoms with Crippen molar-refractivity contribution < 1.29 is 13.9 Å². The molecule has 0 radical (unpaired) electrons. The second-order valence-corrected chi connectivity index (χ2v) is 9.01. The van der Waals surface area contributed by atoms with Crippen molar-refractivity contribution in [2.24, 2.45) is 0 Å². The number of hydrogen-bond acceptors (Lipinski definition) is 4. The third-order valence-corrected chi connectivity index (χ3v) is 6.45. The number of halogens is 1. The number of aromatic amines is 1. The van der Waals surface area contributed by atoms with E-state index in [0.717, 1.165) is 27.6 Å². The summed E-state index contributed by atoms with van der Waals surface area (Å²) in [6.45, 7) is 4.97. The number of benzene rings is 3. The highest BCUT2D eigenvalue weighted by Gasteiger charge is 2.18. The minimum atomic E-state index is -0.327. The van der Waals surface area contributed by atoms with Crippen molar-refractivity contribution in [2.45, 2.75) is 26.9 Å². The van der Waals surface area contributed by atoms with E-state index in [1.165, 1.54) is 12.1 Å². The molecule has 0 atom stereocenters. The Balaban J connectivity index is 1.47. The van der Waals surface area contributed by atoms with Gasteiger partial charge in [-0.1, -0.05) is 6.07 Å². The lowest BCUT2D eigenvalue weighted by Crippen LogP contribution is -2.35. The number of anilines is 1. The maximum absolute atomic E-state index is 13.4. The maximum atomic E-state index is 13.4. The number of fused-ring (bicyclic) bond motifs is 2. The predicted octanol–water partition coefficient (Wildman–Crippen LogP) is 5.41. The van der Waals surface area contributed by atoms with Crippen LogP contribution < -0.4 is 20.3 Å². The van der Waals surface area contributed by atoms with Crippen molar-refractivity contribution in [3.8, 4) is 11.5 Å². The molecule has 8 heteroatoms. The van der Waals surface area contributed by atoms with E-state index in [9.17, 15) is 9.18 Å². The number of thiocarbonyl (C=S) groups is 1. The average Bonchev–Trinajstić information content (AvgIpc) is 3.30. The summed E-state index contributed by atoms with van der Waals surface area (Å²) in [5.74, 6) is 1.05. The monoisotopic (exact) mass is 489 g/mol. The fourth-order valence-electron chi connectivity index (χ4n) is 4.04. The molecule has 0 aliphatic carbocycles. The summed E-state index contributed by atoms with van der Waals surface area (Å²) in [4.78, 5) is 17.9. The van der Waals surface area contributed by atoms with Crippen LogP contribution in [-0.2, 0) is 13.1 Å². The number of H-pyrrole nitrogens is 1. The Bertz CT molecular complexity index is 1480. The second-order valence-electron chi connectivity index (χ2n) is 8.63. The number of hydrogen-bond donors (Lipinski definition) is 2. The van der Waals surface area contributed by atoms with E-state index in [-0.39, 0.29) is 24.7 Å². The number of aryl methyl sites for hydroxylation is 2. The number of aromatic nitrogens is 1. The zero-order valence-electron chi connectivity index (χ0n) is 19.4. The molecule has 3 aromatic carbocycles. The third kappa shape index (κ3) is 4.97. The molecule has 0 fully saturated rings. The van der Waals surface area contributed by atoms with E-state index in [1.807, 2.05) is 49.1 Å². The molecular weight excluding hydrogens is 465 g/mol. The van der Waals surface area contributed by atoms with Gasteiger partial charge in [-0.25, -0.2) is 4.39 Å². The number of nitrogens with zero attached hydrogens (tertiary/aromatic N) is 1. The van der Waals surface area contributed by atoms with Gasteiger partial charge in [0, 0.05) is 23.3 Å². The first kappa shape index (κ1) is 22.9. The number of ether oxygens (including phenoxy) is 2. The topological polar surface area (TPSA) is 66.6 Å². The first-order valence-corrected chi connectivity index (χ1v) is 11.6. The van der Waals surface area contributed by atoms with E-state index >= 15 is 0 Å². The number of pyridine rings is 1. The minimum absolute atomic E-state index is 0.166.